The molecule has 1 aliphatic heterocycles. The number of carbonyl (C=O) groups excluding carboxylic acids is 2. The van der Waals surface area contributed by atoms with Gasteiger partial charge in [-0.2, -0.15) is 5.10 Å². The number of amides is 2. The lowest BCUT2D eigenvalue weighted by Gasteiger charge is -2.18. The summed E-state index contributed by atoms with van der Waals surface area (Å²) in [5.41, 5.74) is 4.98. The standard InChI is InChI=1S/C23H17ClN4O2/c1-13-5-2-3-6-15(13)21-20-16(22(29)27-21)7-4-8-18(20)26-23(30)17-12-25-28-10-9-14(24)11-19(17)28/h2-12,21H,1H3,(H,26,30)(H,27,29). The molecule has 1 atom stereocenters. The molecule has 5 rings (SSSR count). The summed E-state index contributed by atoms with van der Waals surface area (Å²) >= 11 is 6.09. The number of rotatable bonds is 3. The van der Waals surface area contributed by atoms with Crippen LogP contribution in [0.5, 0.6) is 0 Å². The number of hydrogen-bond acceptors (Lipinski definition) is 3. The number of aromatic nitrogens is 2. The summed E-state index contributed by atoms with van der Waals surface area (Å²) < 4.78 is 1.59. The van der Waals surface area contributed by atoms with E-state index in [1.807, 2.05) is 31.2 Å². The summed E-state index contributed by atoms with van der Waals surface area (Å²) in [6.45, 7) is 2.00. The average molecular weight is 417 g/mol. The Balaban J connectivity index is 1.57. The van der Waals surface area contributed by atoms with Crippen LogP contribution >= 0.6 is 11.6 Å². The first kappa shape index (κ1) is 18.4. The highest BCUT2D eigenvalue weighted by molar-refractivity contribution is 6.31. The van der Waals surface area contributed by atoms with Crippen LogP contribution in [0, 0.1) is 6.92 Å². The van der Waals surface area contributed by atoms with Crippen molar-refractivity contribution in [2.75, 3.05) is 5.32 Å². The largest absolute Gasteiger partial charge is 0.341 e. The maximum atomic E-state index is 13.1. The Morgan fingerprint density at radius 2 is 2.00 bits per heavy atom. The van der Waals surface area contributed by atoms with Crippen LogP contribution in [0.25, 0.3) is 5.52 Å². The van der Waals surface area contributed by atoms with Crippen molar-refractivity contribution >= 4 is 34.6 Å². The van der Waals surface area contributed by atoms with Gasteiger partial charge in [0.15, 0.2) is 0 Å². The summed E-state index contributed by atoms with van der Waals surface area (Å²) in [4.78, 5) is 25.7. The Kier molecular flexibility index (Phi) is 4.29. The fourth-order valence-electron chi connectivity index (χ4n) is 3.93. The van der Waals surface area contributed by atoms with Gasteiger partial charge in [-0.1, -0.05) is 41.9 Å². The van der Waals surface area contributed by atoms with E-state index in [1.54, 1.807) is 41.0 Å². The number of halogens is 1. The van der Waals surface area contributed by atoms with Crippen LogP contribution in [0.15, 0.2) is 67.0 Å². The molecule has 6 nitrogen and oxygen atoms in total. The number of aryl methyl sites for hydroxylation is 1. The third kappa shape index (κ3) is 2.93. The first-order valence-electron chi connectivity index (χ1n) is 9.46. The number of benzene rings is 2. The molecule has 3 heterocycles. The lowest BCUT2D eigenvalue weighted by molar-refractivity contribution is 0.0959. The van der Waals surface area contributed by atoms with Crippen molar-refractivity contribution in [1.29, 1.82) is 0 Å². The van der Waals surface area contributed by atoms with E-state index in [0.29, 0.717) is 27.4 Å². The second-order valence-corrected chi connectivity index (χ2v) is 7.65. The second-order valence-electron chi connectivity index (χ2n) is 7.22. The van der Waals surface area contributed by atoms with Crippen molar-refractivity contribution in [2.45, 2.75) is 13.0 Å². The normalized spacial score (nSPS) is 15.1. The zero-order valence-electron chi connectivity index (χ0n) is 16.0. The zero-order chi connectivity index (χ0) is 20.8. The van der Waals surface area contributed by atoms with Crippen LogP contribution < -0.4 is 10.6 Å². The fraction of sp³-hybridized carbons (Fsp3) is 0.0870. The molecule has 0 saturated heterocycles. The molecule has 2 N–H and O–H groups in total. The predicted molar refractivity (Wildman–Crippen MR) is 115 cm³/mol. The molecule has 0 spiro atoms. The van der Waals surface area contributed by atoms with E-state index in [0.717, 1.165) is 16.7 Å². The van der Waals surface area contributed by atoms with Crippen molar-refractivity contribution < 1.29 is 9.59 Å². The van der Waals surface area contributed by atoms with Crippen LogP contribution in [0.4, 0.5) is 5.69 Å². The van der Waals surface area contributed by atoms with E-state index in [9.17, 15) is 9.59 Å². The van der Waals surface area contributed by atoms with Crippen LogP contribution in [0.1, 0.15) is 43.4 Å². The summed E-state index contributed by atoms with van der Waals surface area (Å²) in [5, 5.41) is 10.7. The third-order valence-electron chi connectivity index (χ3n) is 5.39. The van der Waals surface area contributed by atoms with Gasteiger partial charge in [0.1, 0.15) is 0 Å². The van der Waals surface area contributed by atoms with E-state index in [-0.39, 0.29) is 17.9 Å². The molecular formula is C23H17ClN4O2. The molecule has 1 aliphatic rings. The summed E-state index contributed by atoms with van der Waals surface area (Å²) in [5.74, 6) is -0.472. The number of anilines is 1. The van der Waals surface area contributed by atoms with Crippen LogP contribution in [-0.2, 0) is 0 Å². The molecule has 0 aliphatic carbocycles. The predicted octanol–water partition coefficient (Wildman–Crippen LogP) is 4.38. The van der Waals surface area contributed by atoms with Gasteiger partial charge in [-0.05, 0) is 42.3 Å². The van der Waals surface area contributed by atoms with Gasteiger partial charge in [0.05, 0.1) is 23.3 Å². The Morgan fingerprint density at radius 1 is 1.17 bits per heavy atom. The van der Waals surface area contributed by atoms with E-state index in [2.05, 4.69) is 15.7 Å². The van der Waals surface area contributed by atoms with E-state index in [4.69, 9.17) is 11.6 Å². The Hall–Kier alpha value is -3.64. The first-order valence-corrected chi connectivity index (χ1v) is 9.84. The second kappa shape index (κ2) is 7.00. The molecule has 2 aromatic heterocycles. The van der Waals surface area contributed by atoms with Crippen LogP contribution in [-0.4, -0.2) is 21.4 Å². The third-order valence-corrected chi connectivity index (χ3v) is 5.63. The van der Waals surface area contributed by atoms with E-state index < -0.39 is 0 Å². The molecule has 1 unspecified atom stereocenters. The quantitative estimate of drug-likeness (QED) is 0.520. The van der Waals surface area contributed by atoms with Gasteiger partial charge in [0, 0.05) is 28.0 Å². The monoisotopic (exact) mass is 416 g/mol. The maximum Gasteiger partial charge on any atom is 0.259 e. The first-order chi connectivity index (χ1) is 14.5. The molecular weight excluding hydrogens is 400 g/mol. The number of fused-ring (bicyclic) bond motifs is 2. The molecule has 0 bridgehead atoms. The van der Waals surface area contributed by atoms with Crippen molar-refractivity contribution in [2.24, 2.45) is 0 Å². The lowest BCUT2D eigenvalue weighted by atomic mass is 9.93. The highest BCUT2D eigenvalue weighted by Gasteiger charge is 2.33. The smallest absolute Gasteiger partial charge is 0.259 e. The minimum absolute atomic E-state index is 0.155. The number of hydrogen-bond donors (Lipinski definition) is 2. The number of nitrogens with one attached hydrogen (secondary N) is 2. The molecule has 0 saturated carbocycles. The SMILES string of the molecule is Cc1ccccc1C1NC(=O)c2cccc(NC(=O)c3cnn4ccc(Cl)cc34)c21. The van der Waals surface area contributed by atoms with Gasteiger partial charge in [-0.15, -0.1) is 0 Å². The lowest BCUT2D eigenvalue weighted by Crippen LogP contribution is -2.21. The summed E-state index contributed by atoms with van der Waals surface area (Å²) in [7, 11) is 0. The van der Waals surface area contributed by atoms with Crippen molar-refractivity contribution in [3.8, 4) is 0 Å². The highest BCUT2D eigenvalue weighted by atomic mass is 35.5. The molecule has 4 aromatic rings. The minimum atomic E-state index is -0.330. The van der Waals surface area contributed by atoms with Crippen molar-refractivity contribution in [3.63, 3.8) is 0 Å². The van der Waals surface area contributed by atoms with E-state index in [1.165, 1.54) is 6.20 Å². The van der Waals surface area contributed by atoms with Gasteiger partial charge in [0.2, 0.25) is 0 Å². The van der Waals surface area contributed by atoms with E-state index >= 15 is 0 Å². The number of carbonyl (C=O) groups is 2. The zero-order valence-corrected chi connectivity index (χ0v) is 16.8. The molecule has 148 valence electrons. The maximum absolute atomic E-state index is 13.1. The summed E-state index contributed by atoms with van der Waals surface area (Å²) in [6, 6.07) is 16.3. The molecule has 7 heteroatoms. The average Bonchev–Trinajstić information content (AvgIpc) is 3.30. The van der Waals surface area contributed by atoms with Gasteiger partial charge in [-0.3, -0.25) is 9.59 Å². The summed E-state index contributed by atoms with van der Waals surface area (Å²) in [6.07, 6.45) is 3.21. The van der Waals surface area contributed by atoms with Crippen LogP contribution in [0.2, 0.25) is 5.02 Å². The Bertz CT molecular complexity index is 1330. The van der Waals surface area contributed by atoms with Gasteiger partial charge < -0.3 is 10.6 Å². The highest BCUT2D eigenvalue weighted by Crippen LogP contribution is 2.37. The fourth-order valence-corrected chi connectivity index (χ4v) is 4.09. The molecule has 2 aromatic carbocycles. The van der Waals surface area contributed by atoms with Crippen molar-refractivity contribution in [1.82, 2.24) is 14.9 Å². The Labute approximate surface area is 177 Å². The molecule has 30 heavy (non-hydrogen) atoms. The molecule has 0 radical (unpaired) electrons. The minimum Gasteiger partial charge on any atom is -0.341 e. The number of pyridine rings is 1. The number of nitrogens with zero attached hydrogens (tertiary/aromatic N) is 2. The van der Waals surface area contributed by atoms with Gasteiger partial charge in [0.25, 0.3) is 11.8 Å². The Morgan fingerprint density at radius 3 is 2.83 bits per heavy atom. The van der Waals surface area contributed by atoms with Crippen molar-refractivity contribution in [3.05, 3.63) is 99.8 Å². The van der Waals surface area contributed by atoms with Gasteiger partial charge in [-0.25, -0.2) is 4.52 Å². The molecule has 0 fully saturated rings. The molecule has 2 amide bonds. The topological polar surface area (TPSA) is 75.5 Å². The van der Waals surface area contributed by atoms with Crippen LogP contribution in [0.3, 0.4) is 0 Å². The van der Waals surface area contributed by atoms with Gasteiger partial charge >= 0.3 is 0 Å².